The van der Waals surface area contributed by atoms with E-state index in [2.05, 4.69) is 33.9 Å². The van der Waals surface area contributed by atoms with E-state index in [1.54, 1.807) is 0 Å². The number of nitrogens with one attached hydrogen (secondary N) is 1. The summed E-state index contributed by atoms with van der Waals surface area (Å²) in [5, 5.41) is 12.4. The van der Waals surface area contributed by atoms with Gasteiger partial charge in [0.25, 0.3) is 0 Å². The molecule has 1 aromatic carbocycles. The summed E-state index contributed by atoms with van der Waals surface area (Å²) in [6, 6.07) is 10.3. The van der Waals surface area contributed by atoms with E-state index in [1.165, 1.54) is 24.6 Å². The molecule has 0 bridgehead atoms. The van der Waals surface area contributed by atoms with Crippen molar-refractivity contribution < 1.29 is 4.79 Å². The van der Waals surface area contributed by atoms with Gasteiger partial charge >= 0.3 is 0 Å². The minimum atomic E-state index is 0.0707. The lowest BCUT2D eigenvalue weighted by Gasteiger charge is -2.12. The van der Waals surface area contributed by atoms with Crippen molar-refractivity contribution in [1.82, 2.24) is 20.1 Å². The lowest BCUT2D eigenvalue weighted by atomic mass is 10.2. The van der Waals surface area contributed by atoms with Gasteiger partial charge in [0, 0.05) is 18.2 Å². The van der Waals surface area contributed by atoms with Crippen LogP contribution in [-0.2, 0) is 11.3 Å². The molecule has 1 aliphatic carbocycles. The minimum absolute atomic E-state index is 0.0707. The second kappa shape index (κ2) is 7.17. The second-order valence-corrected chi connectivity index (χ2v) is 6.84. The first kappa shape index (κ1) is 16.1. The largest absolute Gasteiger partial charge is 0.353 e. The molecule has 1 atom stereocenters. The highest BCUT2D eigenvalue weighted by Gasteiger charge is 2.28. The van der Waals surface area contributed by atoms with Crippen molar-refractivity contribution in [3.05, 3.63) is 30.3 Å². The van der Waals surface area contributed by atoms with Crippen LogP contribution in [0.15, 0.2) is 35.5 Å². The first-order valence-corrected chi connectivity index (χ1v) is 9.08. The number of nitrogens with zero attached hydrogens (tertiary/aromatic N) is 3. The van der Waals surface area contributed by atoms with Crippen LogP contribution in [0.5, 0.6) is 0 Å². The molecule has 1 saturated carbocycles. The highest BCUT2D eigenvalue weighted by molar-refractivity contribution is 7.99. The van der Waals surface area contributed by atoms with Crippen LogP contribution in [0.4, 0.5) is 0 Å². The van der Waals surface area contributed by atoms with Crippen molar-refractivity contribution in [3.63, 3.8) is 0 Å². The summed E-state index contributed by atoms with van der Waals surface area (Å²) in [7, 11) is 0. The Balaban J connectivity index is 1.64. The van der Waals surface area contributed by atoms with E-state index in [0.717, 1.165) is 23.1 Å². The Hall–Kier alpha value is -1.82. The third-order valence-corrected chi connectivity index (χ3v) is 5.08. The molecule has 1 N–H and O–H groups in total. The molecule has 1 amide bonds. The quantitative estimate of drug-likeness (QED) is 0.793. The van der Waals surface area contributed by atoms with Gasteiger partial charge in [0.15, 0.2) is 11.0 Å². The van der Waals surface area contributed by atoms with Gasteiger partial charge in [0.05, 0.1) is 5.75 Å². The minimum Gasteiger partial charge on any atom is -0.353 e. The molecule has 0 saturated heterocycles. The fourth-order valence-corrected chi connectivity index (χ4v) is 3.43. The molecular weight excluding hydrogens is 308 g/mol. The van der Waals surface area contributed by atoms with Crippen molar-refractivity contribution in [2.75, 3.05) is 5.75 Å². The smallest absolute Gasteiger partial charge is 0.230 e. The number of carbonyl (C=O) groups excluding carboxylic acids is 1. The van der Waals surface area contributed by atoms with Crippen LogP contribution in [0, 0.1) is 5.92 Å². The number of thioether (sulfide) groups is 1. The standard InChI is InChI=1S/C17H22N4OS/c1-3-21-16(14-7-5-4-6-8-14)19-20-17(21)23-11-15(22)18-12(2)13-9-10-13/h4-8,12-13H,3,9-11H2,1-2H3,(H,18,22)/t12-/m1/s1. The molecule has 0 spiro atoms. The van der Waals surface area contributed by atoms with Crippen molar-refractivity contribution in [2.24, 2.45) is 5.92 Å². The summed E-state index contributed by atoms with van der Waals surface area (Å²) in [6.45, 7) is 4.93. The molecule has 5 nitrogen and oxygen atoms in total. The van der Waals surface area contributed by atoms with Gasteiger partial charge in [-0.15, -0.1) is 10.2 Å². The first-order valence-electron chi connectivity index (χ1n) is 8.09. The number of benzene rings is 1. The molecule has 1 aromatic heterocycles. The highest BCUT2D eigenvalue weighted by atomic mass is 32.2. The van der Waals surface area contributed by atoms with Gasteiger partial charge in [-0.05, 0) is 32.6 Å². The third-order valence-electron chi connectivity index (χ3n) is 4.12. The maximum atomic E-state index is 12.0. The maximum absolute atomic E-state index is 12.0. The Kier molecular flexibility index (Phi) is 5.00. The molecule has 0 radical (unpaired) electrons. The normalized spacial score (nSPS) is 15.4. The van der Waals surface area contributed by atoms with Gasteiger partial charge in [-0.1, -0.05) is 42.1 Å². The average Bonchev–Trinajstić information content (AvgIpc) is 3.34. The van der Waals surface area contributed by atoms with Gasteiger partial charge < -0.3 is 9.88 Å². The Morgan fingerprint density at radius 3 is 2.74 bits per heavy atom. The second-order valence-electron chi connectivity index (χ2n) is 5.90. The van der Waals surface area contributed by atoms with E-state index in [9.17, 15) is 4.79 Å². The number of hydrogen-bond donors (Lipinski definition) is 1. The zero-order valence-corrected chi connectivity index (χ0v) is 14.3. The molecule has 6 heteroatoms. The molecule has 3 rings (SSSR count). The number of carbonyl (C=O) groups is 1. The van der Waals surface area contributed by atoms with Crippen molar-refractivity contribution in [3.8, 4) is 11.4 Å². The summed E-state index contributed by atoms with van der Waals surface area (Å²) in [5.74, 6) is 1.97. The Morgan fingerprint density at radius 1 is 1.35 bits per heavy atom. The Morgan fingerprint density at radius 2 is 2.09 bits per heavy atom. The molecule has 122 valence electrons. The van der Waals surface area contributed by atoms with Gasteiger partial charge in [0.1, 0.15) is 0 Å². The molecule has 0 unspecified atom stereocenters. The monoisotopic (exact) mass is 330 g/mol. The fraction of sp³-hybridized carbons (Fsp3) is 0.471. The van der Waals surface area contributed by atoms with Gasteiger partial charge in [0.2, 0.25) is 5.91 Å². The van der Waals surface area contributed by atoms with Crippen LogP contribution >= 0.6 is 11.8 Å². The first-order chi connectivity index (χ1) is 11.2. The van der Waals surface area contributed by atoms with E-state index < -0.39 is 0 Å². The van der Waals surface area contributed by atoms with Crippen LogP contribution in [0.25, 0.3) is 11.4 Å². The predicted octanol–water partition coefficient (Wildman–Crippen LogP) is 2.97. The molecule has 23 heavy (non-hydrogen) atoms. The van der Waals surface area contributed by atoms with Crippen LogP contribution in [-0.4, -0.2) is 32.5 Å². The molecule has 1 fully saturated rings. The zero-order chi connectivity index (χ0) is 16.2. The fourth-order valence-electron chi connectivity index (χ4n) is 2.62. The molecular formula is C17H22N4OS. The maximum Gasteiger partial charge on any atom is 0.230 e. The lowest BCUT2D eigenvalue weighted by molar-refractivity contribution is -0.119. The van der Waals surface area contributed by atoms with E-state index in [-0.39, 0.29) is 11.9 Å². The number of amides is 1. The summed E-state index contributed by atoms with van der Waals surface area (Å²) in [6.07, 6.45) is 2.47. The summed E-state index contributed by atoms with van der Waals surface area (Å²) in [4.78, 5) is 12.0. The molecule has 0 aliphatic heterocycles. The van der Waals surface area contributed by atoms with Gasteiger partial charge in [-0.3, -0.25) is 4.79 Å². The topological polar surface area (TPSA) is 59.8 Å². The van der Waals surface area contributed by atoms with Gasteiger partial charge in [-0.2, -0.15) is 0 Å². The van der Waals surface area contributed by atoms with E-state index in [4.69, 9.17) is 0 Å². The van der Waals surface area contributed by atoms with Crippen LogP contribution in [0.3, 0.4) is 0 Å². The van der Waals surface area contributed by atoms with Crippen molar-refractivity contribution in [2.45, 2.75) is 44.4 Å². The summed E-state index contributed by atoms with van der Waals surface area (Å²) < 4.78 is 2.05. The Labute approximate surface area is 140 Å². The Bertz CT molecular complexity index is 666. The van der Waals surface area contributed by atoms with Crippen LogP contribution in [0.2, 0.25) is 0 Å². The number of aromatic nitrogens is 3. The van der Waals surface area contributed by atoms with Crippen molar-refractivity contribution >= 4 is 17.7 Å². The summed E-state index contributed by atoms with van der Waals surface area (Å²) >= 11 is 1.45. The third kappa shape index (κ3) is 3.93. The van der Waals surface area contributed by atoms with E-state index >= 15 is 0 Å². The number of rotatable bonds is 7. The van der Waals surface area contributed by atoms with E-state index in [0.29, 0.717) is 11.7 Å². The van der Waals surface area contributed by atoms with Crippen LogP contribution < -0.4 is 5.32 Å². The zero-order valence-electron chi connectivity index (χ0n) is 13.5. The van der Waals surface area contributed by atoms with Gasteiger partial charge in [-0.25, -0.2) is 0 Å². The molecule has 1 heterocycles. The highest BCUT2D eigenvalue weighted by Crippen LogP contribution is 2.32. The predicted molar refractivity (Wildman–Crippen MR) is 92.2 cm³/mol. The number of hydrogen-bond acceptors (Lipinski definition) is 4. The van der Waals surface area contributed by atoms with Crippen LogP contribution in [0.1, 0.15) is 26.7 Å². The lowest BCUT2D eigenvalue weighted by Crippen LogP contribution is -2.35. The van der Waals surface area contributed by atoms with Crippen molar-refractivity contribution in [1.29, 1.82) is 0 Å². The molecule has 1 aliphatic rings. The average molecular weight is 330 g/mol. The summed E-state index contributed by atoms with van der Waals surface area (Å²) in [5.41, 5.74) is 1.04. The molecule has 2 aromatic rings. The SMILES string of the molecule is CCn1c(SCC(=O)N[C@H](C)C2CC2)nnc1-c1ccccc1. The van der Waals surface area contributed by atoms with E-state index in [1.807, 2.05) is 30.3 Å².